The van der Waals surface area contributed by atoms with Crippen LogP contribution in [0.5, 0.6) is 0 Å². The van der Waals surface area contributed by atoms with Crippen LogP contribution in [0, 0.1) is 6.92 Å². The molecule has 2 aromatic heterocycles. The monoisotopic (exact) mass is 348 g/mol. The van der Waals surface area contributed by atoms with Gasteiger partial charge in [0.1, 0.15) is 0 Å². The maximum Gasteiger partial charge on any atom is 0.277 e. The minimum absolute atomic E-state index is 0.247. The second-order valence-electron chi connectivity index (χ2n) is 5.85. The zero-order chi connectivity index (χ0) is 17.4. The van der Waals surface area contributed by atoms with Gasteiger partial charge in [0.15, 0.2) is 10.8 Å². The number of thiazole rings is 1. The first-order valence-electron chi connectivity index (χ1n) is 7.87. The third-order valence-electron chi connectivity index (χ3n) is 4.12. The topological polar surface area (TPSA) is 59.8 Å². The van der Waals surface area contributed by atoms with E-state index in [-0.39, 0.29) is 5.91 Å². The predicted octanol–water partition coefficient (Wildman–Crippen LogP) is 4.26. The van der Waals surface area contributed by atoms with E-state index < -0.39 is 0 Å². The molecule has 25 heavy (non-hydrogen) atoms. The lowest BCUT2D eigenvalue weighted by atomic mass is 10.1. The molecule has 0 radical (unpaired) electrons. The van der Waals surface area contributed by atoms with Gasteiger partial charge in [0.05, 0.1) is 5.69 Å². The minimum Gasteiger partial charge on any atom is -0.296 e. The lowest BCUT2D eigenvalue weighted by Crippen LogP contribution is -2.12. The number of benzene rings is 2. The van der Waals surface area contributed by atoms with Gasteiger partial charge < -0.3 is 0 Å². The molecule has 0 saturated carbocycles. The first kappa shape index (κ1) is 15.5. The molecule has 0 unspecified atom stereocenters. The molecule has 0 aliphatic heterocycles. The van der Waals surface area contributed by atoms with E-state index in [1.54, 1.807) is 10.7 Å². The van der Waals surface area contributed by atoms with E-state index in [2.05, 4.69) is 39.7 Å². The van der Waals surface area contributed by atoms with Crippen LogP contribution in [0.2, 0.25) is 0 Å². The Morgan fingerprint density at radius 1 is 1.12 bits per heavy atom. The molecule has 2 heterocycles. The number of nitrogens with zero attached hydrogens (tertiary/aromatic N) is 3. The van der Waals surface area contributed by atoms with Crippen molar-refractivity contribution in [1.29, 1.82) is 0 Å². The van der Waals surface area contributed by atoms with Gasteiger partial charge >= 0.3 is 0 Å². The summed E-state index contributed by atoms with van der Waals surface area (Å²) in [5.74, 6) is -0.247. The van der Waals surface area contributed by atoms with Crippen LogP contribution in [0.15, 0.2) is 53.9 Å². The van der Waals surface area contributed by atoms with Crippen LogP contribution in [0.4, 0.5) is 5.13 Å². The Morgan fingerprint density at radius 2 is 1.92 bits per heavy atom. The number of anilines is 1. The Labute approximate surface area is 149 Å². The van der Waals surface area contributed by atoms with Crippen molar-refractivity contribution in [3.63, 3.8) is 0 Å². The number of carbonyl (C=O) groups excluding carboxylic acids is 1. The van der Waals surface area contributed by atoms with Crippen molar-refractivity contribution in [2.24, 2.45) is 7.05 Å². The summed E-state index contributed by atoms with van der Waals surface area (Å²) in [6.07, 6.45) is 0. The molecule has 0 fully saturated rings. The van der Waals surface area contributed by atoms with Crippen LogP contribution in [-0.2, 0) is 7.05 Å². The van der Waals surface area contributed by atoms with E-state index in [9.17, 15) is 4.79 Å². The summed E-state index contributed by atoms with van der Waals surface area (Å²) in [7, 11) is 1.81. The number of aromatic nitrogens is 3. The third-order valence-corrected chi connectivity index (χ3v) is 4.87. The van der Waals surface area contributed by atoms with E-state index in [0.29, 0.717) is 10.8 Å². The Hall–Kier alpha value is -2.99. The van der Waals surface area contributed by atoms with Gasteiger partial charge in [-0.15, -0.1) is 11.3 Å². The lowest BCUT2D eigenvalue weighted by molar-refractivity contribution is 0.102. The van der Waals surface area contributed by atoms with Gasteiger partial charge in [-0.05, 0) is 29.8 Å². The fourth-order valence-corrected chi connectivity index (χ4v) is 3.36. The van der Waals surface area contributed by atoms with Crippen molar-refractivity contribution in [3.05, 3.63) is 65.3 Å². The molecule has 1 N–H and O–H groups in total. The molecule has 0 spiro atoms. The zero-order valence-electron chi connectivity index (χ0n) is 13.9. The van der Waals surface area contributed by atoms with Gasteiger partial charge in [0.2, 0.25) is 0 Å². The lowest BCUT2D eigenvalue weighted by Gasteiger charge is -2.01. The van der Waals surface area contributed by atoms with Crippen molar-refractivity contribution in [2.75, 3.05) is 5.32 Å². The van der Waals surface area contributed by atoms with E-state index in [1.807, 2.05) is 37.6 Å². The van der Waals surface area contributed by atoms with Gasteiger partial charge in [-0.3, -0.25) is 14.8 Å². The number of fused-ring (bicyclic) bond motifs is 1. The molecule has 4 aromatic rings. The first-order chi connectivity index (χ1) is 12.1. The normalized spacial score (nSPS) is 11.0. The molecule has 124 valence electrons. The second kappa shape index (κ2) is 6.14. The van der Waals surface area contributed by atoms with Crippen molar-refractivity contribution in [1.82, 2.24) is 14.8 Å². The van der Waals surface area contributed by atoms with Crippen molar-refractivity contribution in [3.8, 4) is 11.3 Å². The summed E-state index contributed by atoms with van der Waals surface area (Å²) in [6.45, 7) is 1.91. The SMILES string of the molecule is Cc1cc(C(=O)Nc2nc(-c3ccc4ccccc4c3)cs2)nn1C. The smallest absolute Gasteiger partial charge is 0.277 e. The molecular weight excluding hydrogens is 332 g/mol. The highest BCUT2D eigenvalue weighted by Gasteiger charge is 2.13. The Morgan fingerprint density at radius 3 is 2.68 bits per heavy atom. The fourth-order valence-electron chi connectivity index (χ4n) is 2.65. The van der Waals surface area contributed by atoms with Crippen molar-refractivity contribution in [2.45, 2.75) is 6.92 Å². The Balaban J connectivity index is 1.57. The molecule has 1 amide bonds. The standard InChI is InChI=1S/C19H16N4OS/c1-12-9-16(22-23(12)2)18(24)21-19-20-17(11-25-19)15-8-7-13-5-3-4-6-14(13)10-15/h3-11H,1-2H3,(H,20,21,24). The molecule has 0 aliphatic carbocycles. The minimum atomic E-state index is -0.247. The summed E-state index contributed by atoms with van der Waals surface area (Å²) in [5.41, 5.74) is 3.20. The van der Waals surface area contributed by atoms with Crippen LogP contribution in [0.1, 0.15) is 16.2 Å². The van der Waals surface area contributed by atoms with E-state index >= 15 is 0 Å². The van der Waals surface area contributed by atoms with Gasteiger partial charge in [-0.1, -0.05) is 36.4 Å². The summed E-state index contributed by atoms with van der Waals surface area (Å²) < 4.78 is 1.68. The second-order valence-corrected chi connectivity index (χ2v) is 6.71. The van der Waals surface area contributed by atoms with Crippen LogP contribution in [0.25, 0.3) is 22.0 Å². The van der Waals surface area contributed by atoms with Crippen molar-refractivity contribution >= 4 is 33.1 Å². The predicted molar refractivity (Wildman–Crippen MR) is 101 cm³/mol. The zero-order valence-corrected chi connectivity index (χ0v) is 14.7. The highest BCUT2D eigenvalue weighted by atomic mass is 32.1. The molecule has 2 aromatic carbocycles. The Kier molecular flexibility index (Phi) is 3.82. The average molecular weight is 348 g/mol. The first-order valence-corrected chi connectivity index (χ1v) is 8.75. The van der Waals surface area contributed by atoms with Gasteiger partial charge in [-0.25, -0.2) is 4.98 Å². The molecular formula is C19H16N4OS. The number of hydrogen-bond donors (Lipinski definition) is 1. The van der Waals surface area contributed by atoms with E-state index in [0.717, 1.165) is 17.0 Å². The average Bonchev–Trinajstić information content (AvgIpc) is 3.21. The van der Waals surface area contributed by atoms with Gasteiger partial charge in [0.25, 0.3) is 5.91 Å². The molecule has 0 bridgehead atoms. The van der Waals surface area contributed by atoms with Crippen LogP contribution in [-0.4, -0.2) is 20.7 Å². The number of carbonyl (C=O) groups is 1. The molecule has 0 aliphatic rings. The van der Waals surface area contributed by atoms with Crippen LogP contribution < -0.4 is 5.32 Å². The maximum atomic E-state index is 12.3. The summed E-state index contributed by atoms with van der Waals surface area (Å²) >= 11 is 1.41. The number of rotatable bonds is 3. The molecule has 4 rings (SSSR count). The summed E-state index contributed by atoms with van der Waals surface area (Å²) in [6, 6.07) is 16.2. The molecule has 5 nitrogen and oxygen atoms in total. The molecule has 6 heteroatoms. The van der Waals surface area contributed by atoms with Crippen LogP contribution in [0.3, 0.4) is 0 Å². The highest BCUT2D eigenvalue weighted by Crippen LogP contribution is 2.28. The summed E-state index contributed by atoms with van der Waals surface area (Å²) in [4.78, 5) is 16.8. The van der Waals surface area contributed by atoms with Gasteiger partial charge in [0, 0.05) is 23.7 Å². The molecule has 0 atom stereocenters. The van der Waals surface area contributed by atoms with E-state index in [4.69, 9.17) is 0 Å². The number of aryl methyl sites for hydroxylation is 2. The van der Waals surface area contributed by atoms with Crippen LogP contribution >= 0.6 is 11.3 Å². The van der Waals surface area contributed by atoms with Crippen molar-refractivity contribution < 1.29 is 4.79 Å². The number of amides is 1. The van der Waals surface area contributed by atoms with E-state index in [1.165, 1.54) is 22.1 Å². The fraction of sp³-hybridized carbons (Fsp3) is 0.105. The summed E-state index contributed by atoms with van der Waals surface area (Å²) in [5, 5.41) is 11.9. The quantitative estimate of drug-likeness (QED) is 0.602. The highest BCUT2D eigenvalue weighted by molar-refractivity contribution is 7.14. The third kappa shape index (κ3) is 3.04. The number of nitrogens with one attached hydrogen (secondary N) is 1. The molecule has 0 saturated heterocycles. The maximum absolute atomic E-state index is 12.3. The largest absolute Gasteiger partial charge is 0.296 e. The number of hydrogen-bond acceptors (Lipinski definition) is 4. The Bertz CT molecular complexity index is 1060. The van der Waals surface area contributed by atoms with Gasteiger partial charge in [-0.2, -0.15) is 5.10 Å².